The van der Waals surface area contributed by atoms with E-state index in [1.807, 2.05) is 0 Å². The van der Waals surface area contributed by atoms with Crippen molar-refractivity contribution in [2.24, 2.45) is 11.8 Å². The highest BCUT2D eigenvalue weighted by molar-refractivity contribution is 9.10. The summed E-state index contributed by atoms with van der Waals surface area (Å²) in [7, 11) is 2.40. The largest absolute Gasteiger partial charge is 0.469 e. The molecule has 24 heavy (non-hydrogen) atoms. The minimum Gasteiger partial charge on any atom is -0.469 e. The van der Waals surface area contributed by atoms with E-state index in [4.69, 9.17) is 9.47 Å². The van der Waals surface area contributed by atoms with Crippen molar-refractivity contribution < 1.29 is 29.0 Å². The van der Waals surface area contributed by atoms with Gasteiger partial charge in [-0.3, -0.25) is 14.4 Å². The Kier molecular flexibility index (Phi) is 5.45. The second-order valence-corrected chi connectivity index (χ2v) is 7.00. The predicted octanol–water partition coefficient (Wildman–Crippen LogP) is 1.83. The van der Waals surface area contributed by atoms with E-state index in [1.54, 1.807) is 24.3 Å². The van der Waals surface area contributed by atoms with Gasteiger partial charge in [0, 0.05) is 16.8 Å². The van der Waals surface area contributed by atoms with Gasteiger partial charge in [-0.05, 0) is 24.6 Å². The Morgan fingerprint density at radius 2 is 1.88 bits per heavy atom. The van der Waals surface area contributed by atoms with Crippen molar-refractivity contribution in [3.63, 3.8) is 0 Å². The molecule has 1 aliphatic carbocycles. The Hall–Kier alpha value is -1.73. The summed E-state index contributed by atoms with van der Waals surface area (Å²) in [6.07, 6.45) is -0.322. The summed E-state index contributed by atoms with van der Waals surface area (Å²) in [5.41, 5.74) is -1.05. The van der Waals surface area contributed by atoms with Gasteiger partial charge in [-0.1, -0.05) is 28.1 Å². The molecule has 1 aromatic rings. The molecule has 1 fully saturated rings. The topological polar surface area (TPSA) is 89.9 Å². The molecule has 130 valence electrons. The molecule has 1 saturated carbocycles. The first-order valence-corrected chi connectivity index (χ1v) is 8.18. The van der Waals surface area contributed by atoms with Crippen LogP contribution in [0.3, 0.4) is 0 Å². The molecule has 0 bridgehead atoms. The number of methoxy groups -OCH3 is 2. The SMILES string of the molecule is COC(=O)[C@@H]1C(=O)C[C@@](C)(O)[C@@H](C(=O)OC)[C@H]1c1cccc(Br)c1. The molecule has 0 saturated heterocycles. The van der Waals surface area contributed by atoms with Crippen LogP contribution < -0.4 is 0 Å². The number of benzene rings is 1. The molecule has 1 aromatic carbocycles. The first-order chi connectivity index (χ1) is 11.2. The highest BCUT2D eigenvalue weighted by Gasteiger charge is 2.56. The molecule has 6 nitrogen and oxygen atoms in total. The Morgan fingerprint density at radius 3 is 2.42 bits per heavy atom. The number of ketones is 1. The average molecular weight is 399 g/mol. The number of carbonyl (C=O) groups is 3. The fourth-order valence-corrected chi connectivity index (χ4v) is 3.80. The van der Waals surface area contributed by atoms with Crippen LogP contribution >= 0.6 is 15.9 Å². The third-order valence-electron chi connectivity index (χ3n) is 4.41. The summed E-state index contributed by atoms with van der Waals surface area (Å²) in [6.45, 7) is 1.41. The van der Waals surface area contributed by atoms with Gasteiger partial charge in [0.25, 0.3) is 0 Å². The number of aliphatic hydroxyl groups is 1. The lowest BCUT2D eigenvalue weighted by molar-refractivity contribution is -0.170. The summed E-state index contributed by atoms with van der Waals surface area (Å²) < 4.78 is 10.3. The maximum atomic E-state index is 12.5. The molecule has 1 aliphatic rings. The number of halogens is 1. The molecule has 0 aromatic heterocycles. The van der Waals surface area contributed by atoms with Crippen molar-refractivity contribution in [2.45, 2.75) is 24.9 Å². The van der Waals surface area contributed by atoms with Crippen molar-refractivity contribution in [3.05, 3.63) is 34.3 Å². The van der Waals surface area contributed by atoms with Crippen LogP contribution in [-0.4, -0.2) is 42.6 Å². The van der Waals surface area contributed by atoms with Crippen LogP contribution in [0.15, 0.2) is 28.7 Å². The van der Waals surface area contributed by atoms with Crippen molar-refractivity contribution in [3.8, 4) is 0 Å². The summed E-state index contributed by atoms with van der Waals surface area (Å²) in [4.78, 5) is 37.1. The fourth-order valence-electron chi connectivity index (χ4n) is 3.38. The molecule has 0 amide bonds. The van der Waals surface area contributed by atoms with Gasteiger partial charge in [-0.15, -0.1) is 0 Å². The lowest BCUT2D eigenvalue weighted by atomic mass is 9.62. The van der Waals surface area contributed by atoms with E-state index in [1.165, 1.54) is 21.1 Å². The Balaban J connectivity index is 2.65. The molecule has 4 atom stereocenters. The summed E-state index contributed by atoms with van der Waals surface area (Å²) >= 11 is 3.34. The van der Waals surface area contributed by atoms with Gasteiger partial charge in [0.15, 0.2) is 5.78 Å². The summed E-state index contributed by atoms with van der Waals surface area (Å²) in [6, 6.07) is 6.93. The molecule has 0 heterocycles. The number of rotatable bonds is 3. The third kappa shape index (κ3) is 3.37. The number of hydrogen-bond acceptors (Lipinski definition) is 6. The monoisotopic (exact) mass is 398 g/mol. The van der Waals surface area contributed by atoms with Crippen LogP contribution in [0.5, 0.6) is 0 Å². The van der Waals surface area contributed by atoms with Crippen molar-refractivity contribution in [1.29, 1.82) is 0 Å². The van der Waals surface area contributed by atoms with E-state index in [-0.39, 0.29) is 6.42 Å². The third-order valence-corrected chi connectivity index (χ3v) is 4.90. The van der Waals surface area contributed by atoms with Gasteiger partial charge in [0.2, 0.25) is 0 Å². The van der Waals surface area contributed by atoms with E-state index in [0.717, 1.165) is 4.47 Å². The zero-order valence-corrected chi connectivity index (χ0v) is 15.2. The van der Waals surface area contributed by atoms with Gasteiger partial charge < -0.3 is 14.6 Å². The second-order valence-electron chi connectivity index (χ2n) is 6.08. The zero-order valence-electron chi connectivity index (χ0n) is 13.6. The molecule has 0 unspecified atom stereocenters. The predicted molar refractivity (Wildman–Crippen MR) is 88.1 cm³/mol. The van der Waals surface area contributed by atoms with Crippen LogP contribution in [0.25, 0.3) is 0 Å². The van der Waals surface area contributed by atoms with Crippen molar-refractivity contribution in [1.82, 2.24) is 0 Å². The van der Waals surface area contributed by atoms with Gasteiger partial charge in [0.05, 0.1) is 25.7 Å². The van der Waals surface area contributed by atoms with Crippen LogP contribution in [0.1, 0.15) is 24.8 Å². The van der Waals surface area contributed by atoms with Gasteiger partial charge in [-0.25, -0.2) is 0 Å². The number of hydrogen-bond donors (Lipinski definition) is 1. The molecule has 2 rings (SSSR count). The number of esters is 2. The van der Waals surface area contributed by atoms with Gasteiger partial charge in [-0.2, -0.15) is 0 Å². The summed E-state index contributed by atoms with van der Waals surface area (Å²) in [5, 5.41) is 10.7. The lowest BCUT2D eigenvalue weighted by Crippen LogP contribution is -2.55. The maximum absolute atomic E-state index is 12.5. The summed E-state index contributed by atoms with van der Waals surface area (Å²) in [5.74, 6) is -4.98. The lowest BCUT2D eigenvalue weighted by Gasteiger charge is -2.43. The average Bonchev–Trinajstić information content (AvgIpc) is 2.52. The standard InChI is InChI=1S/C17H19BrO6/c1-17(22)8-11(19)13(15(20)23-2)12(14(17)16(21)24-3)9-5-4-6-10(18)7-9/h4-7,12-14,22H,8H2,1-3H3/t12-,13+,14+,17+/m0/s1. The molecule has 0 radical (unpaired) electrons. The van der Waals surface area contributed by atoms with E-state index in [9.17, 15) is 19.5 Å². The number of carbonyl (C=O) groups excluding carboxylic acids is 3. The molecule has 1 N–H and O–H groups in total. The normalized spacial score (nSPS) is 29.9. The van der Waals surface area contributed by atoms with Crippen LogP contribution in [0.2, 0.25) is 0 Å². The second kappa shape index (κ2) is 7.03. The highest BCUT2D eigenvalue weighted by Crippen LogP contribution is 2.46. The minimum atomic E-state index is -1.62. The first-order valence-electron chi connectivity index (χ1n) is 7.39. The molecule has 0 spiro atoms. The van der Waals surface area contributed by atoms with E-state index >= 15 is 0 Å². The van der Waals surface area contributed by atoms with Gasteiger partial charge in [0.1, 0.15) is 5.92 Å². The minimum absolute atomic E-state index is 0.322. The van der Waals surface area contributed by atoms with Crippen molar-refractivity contribution >= 4 is 33.7 Å². The van der Waals surface area contributed by atoms with Gasteiger partial charge >= 0.3 is 11.9 Å². The smallest absolute Gasteiger partial charge is 0.316 e. The Labute approximate surface area is 148 Å². The highest BCUT2D eigenvalue weighted by atomic mass is 79.9. The molecular formula is C17H19BrO6. The number of Topliss-reactive ketones (excluding diaryl/α,β-unsaturated/α-hetero) is 1. The molecular weight excluding hydrogens is 380 g/mol. The van der Waals surface area contributed by atoms with Crippen LogP contribution in [0, 0.1) is 11.8 Å². The molecule has 7 heteroatoms. The number of ether oxygens (including phenoxy) is 2. The van der Waals surface area contributed by atoms with E-state index < -0.39 is 41.1 Å². The molecule has 0 aliphatic heterocycles. The van der Waals surface area contributed by atoms with E-state index in [0.29, 0.717) is 5.56 Å². The van der Waals surface area contributed by atoms with Crippen molar-refractivity contribution in [2.75, 3.05) is 14.2 Å². The Morgan fingerprint density at radius 1 is 1.25 bits per heavy atom. The first kappa shape index (κ1) is 18.6. The maximum Gasteiger partial charge on any atom is 0.316 e. The fraction of sp³-hybridized carbons (Fsp3) is 0.471. The van der Waals surface area contributed by atoms with Crippen LogP contribution in [-0.2, 0) is 23.9 Å². The Bertz CT molecular complexity index is 669. The van der Waals surface area contributed by atoms with Crippen LogP contribution in [0.4, 0.5) is 0 Å². The van der Waals surface area contributed by atoms with E-state index in [2.05, 4.69) is 15.9 Å². The quantitative estimate of drug-likeness (QED) is 0.616. The zero-order chi connectivity index (χ0) is 18.1.